The molecule has 1 aliphatic carbocycles. The van der Waals surface area contributed by atoms with Crippen LogP contribution in [0.15, 0.2) is 18.2 Å². The Morgan fingerprint density at radius 2 is 2.39 bits per heavy atom. The van der Waals surface area contributed by atoms with E-state index >= 15 is 0 Å². The first-order valence-electron chi connectivity index (χ1n) is 6.81. The highest BCUT2D eigenvalue weighted by molar-refractivity contribution is 5.89. The van der Waals surface area contributed by atoms with Gasteiger partial charge in [0.15, 0.2) is 0 Å². The van der Waals surface area contributed by atoms with Crippen molar-refractivity contribution in [1.29, 1.82) is 0 Å². The van der Waals surface area contributed by atoms with E-state index in [1.165, 1.54) is 24.0 Å². The number of fused-ring (bicyclic) bond motifs is 4. The first-order chi connectivity index (χ1) is 8.78. The Hall–Kier alpha value is -1.35. The minimum Gasteiger partial charge on any atom is -0.462 e. The topological polar surface area (TPSA) is 38.3 Å². The lowest BCUT2D eigenvalue weighted by molar-refractivity contribution is 0.0526. The van der Waals surface area contributed by atoms with Gasteiger partial charge >= 0.3 is 5.97 Å². The Balaban J connectivity index is 1.92. The first-order valence-corrected chi connectivity index (χ1v) is 6.81. The zero-order chi connectivity index (χ0) is 12.5. The molecule has 1 aliphatic heterocycles. The highest BCUT2D eigenvalue weighted by Crippen LogP contribution is 2.36. The summed E-state index contributed by atoms with van der Waals surface area (Å²) >= 11 is 0. The number of hydrogen-bond acceptors (Lipinski definition) is 3. The number of esters is 1. The van der Waals surface area contributed by atoms with Gasteiger partial charge in [0.1, 0.15) is 0 Å². The van der Waals surface area contributed by atoms with Gasteiger partial charge in [0.25, 0.3) is 0 Å². The van der Waals surface area contributed by atoms with Gasteiger partial charge < -0.3 is 10.1 Å². The number of benzene rings is 1. The van der Waals surface area contributed by atoms with Gasteiger partial charge in [-0.1, -0.05) is 6.07 Å². The third-order valence-corrected chi connectivity index (χ3v) is 4.06. The molecule has 3 rings (SSSR count). The summed E-state index contributed by atoms with van der Waals surface area (Å²) in [6, 6.07) is 6.69. The molecule has 2 bridgehead atoms. The van der Waals surface area contributed by atoms with E-state index in [2.05, 4.69) is 17.4 Å². The Morgan fingerprint density at radius 1 is 1.50 bits per heavy atom. The van der Waals surface area contributed by atoms with E-state index in [0.717, 1.165) is 13.0 Å². The summed E-state index contributed by atoms with van der Waals surface area (Å²) < 4.78 is 5.07. The van der Waals surface area contributed by atoms with Crippen molar-refractivity contribution in [3.63, 3.8) is 0 Å². The second-order valence-electron chi connectivity index (χ2n) is 5.21. The SMILES string of the molecule is CCOC(=O)c1ccc2c(c1)C1CCNC(C2)C1. The van der Waals surface area contributed by atoms with Crippen LogP contribution in [-0.2, 0) is 11.2 Å². The molecule has 0 saturated carbocycles. The molecule has 1 heterocycles. The van der Waals surface area contributed by atoms with Crippen molar-refractivity contribution in [2.75, 3.05) is 13.2 Å². The summed E-state index contributed by atoms with van der Waals surface area (Å²) in [5.41, 5.74) is 3.47. The fourth-order valence-corrected chi connectivity index (χ4v) is 3.21. The van der Waals surface area contributed by atoms with E-state index in [1.807, 2.05) is 13.0 Å². The Bertz CT molecular complexity index is 470. The standard InChI is InChI=1S/C15H19NO2/c1-2-18-15(17)12-4-3-10-7-13-8-11(5-6-16-13)14(10)9-12/h3-4,9,11,13,16H,2,5-8H2,1H3. The van der Waals surface area contributed by atoms with Crippen LogP contribution in [0.4, 0.5) is 0 Å². The normalized spacial score (nSPS) is 25.4. The van der Waals surface area contributed by atoms with Crippen molar-refractivity contribution in [3.8, 4) is 0 Å². The second kappa shape index (κ2) is 4.73. The van der Waals surface area contributed by atoms with Crippen molar-refractivity contribution >= 4 is 5.97 Å². The maximum absolute atomic E-state index is 11.8. The molecule has 3 heteroatoms. The maximum Gasteiger partial charge on any atom is 0.338 e. The summed E-state index contributed by atoms with van der Waals surface area (Å²) in [6.07, 6.45) is 3.48. The summed E-state index contributed by atoms with van der Waals surface area (Å²) in [6.45, 7) is 3.37. The van der Waals surface area contributed by atoms with Crippen LogP contribution >= 0.6 is 0 Å². The third kappa shape index (κ3) is 2.03. The molecule has 18 heavy (non-hydrogen) atoms. The zero-order valence-corrected chi connectivity index (χ0v) is 10.7. The molecule has 0 radical (unpaired) electrons. The highest BCUT2D eigenvalue weighted by atomic mass is 16.5. The zero-order valence-electron chi connectivity index (χ0n) is 10.7. The average Bonchev–Trinajstić information content (AvgIpc) is 2.39. The number of carbonyl (C=O) groups excluding carboxylic acids is 1. The second-order valence-corrected chi connectivity index (χ2v) is 5.21. The number of piperidine rings is 1. The molecule has 2 atom stereocenters. The van der Waals surface area contributed by atoms with E-state index in [1.54, 1.807) is 0 Å². The number of ether oxygens (including phenoxy) is 1. The lowest BCUT2D eigenvalue weighted by Crippen LogP contribution is -2.42. The number of hydrogen-bond donors (Lipinski definition) is 1. The highest BCUT2D eigenvalue weighted by Gasteiger charge is 2.30. The van der Waals surface area contributed by atoms with Crippen LogP contribution < -0.4 is 5.32 Å². The van der Waals surface area contributed by atoms with Crippen LogP contribution in [0.2, 0.25) is 0 Å². The van der Waals surface area contributed by atoms with Gasteiger partial charge in [-0.2, -0.15) is 0 Å². The van der Waals surface area contributed by atoms with E-state index in [-0.39, 0.29) is 5.97 Å². The molecule has 0 amide bonds. The van der Waals surface area contributed by atoms with E-state index in [9.17, 15) is 4.79 Å². The fraction of sp³-hybridized carbons (Fsp3) is 0.533. The molecule has 1 N–H and O–H groups in total. The monoisotopic (exact) mass is 245 g/mol. The molecule has 3 nitrogen and oxygen atoms in total. The molecule has 96 valence electrons. The molecule has 2 aliphatic rings. The van der Waals surface area contributed by atoms with Crippen molar-refractivity contribution in [2.45, 2.75) is 38.1 Å². The number of nitrogens with one attached hydrogen (secondary N) is 1. The van der Waals surface area contributed by atoms with E-state index in [0.29, 0.717) is 24.1 Å². The van der Waals surface area contributed by atoms with Crippen molar-refractivity contribution in [1.82, 2.24) is 5.32 Å². The quantitative estimate of drug-likeness (QED) is 0.812. The van der Waals surface area contributed by atoms with E-state index < -0.39 is 0 Å². The Labute approximate surface area is 108 Å². The first kappa shape index (κ1) is 11.7. The van der Waals surface area contributed by atoms with Crippen molar-refractivity contribution < 1.29 is 9.53 Å². The molecule has 1 aromatic rings. The molecule has 0 spiro atoms. The fourth-order valence-electron chi connectivity index (χ4n) is 3.21. The molecule has 2 unspecified atom stereocenters. The van der Waals surface area contributed by atoms with Crippen molar-refractivity contribution in [3.05, 3.63) is 34.9 Å². The maximum atomic E-state index is 11.8. The Morgan fingerprint density at radius 3 is 3.22 bits per heavy atom. The van der Waals surface area contributed by atoms with Gasteiger partial charge in [-0.15, -0.1) is 0 Å². The summed E-state index contributed by atoms with van der Waals surface area (Å²) in [4.78, 5) is 11.8. The summed E-state index contributed by atoms with van der Waals surface area (Å²) in [7, 11) is 0. The van der Waals surface area contributed by atoms with Crippen LogP contribution in [0.1, 0.15) is 47.2 Å². The molecular formula is C15H19NO2. The molecule has 1 aromatic carbocycles. The van der Waals surface area contributed by atoms with Gasteiger partial charge in [-0.25, -0.2) is 4.79 Å². The van der Waals surface area contributed by atoms with Gasteiger partial charge in [0.05, 0.1) is 12.2 Å². The van der Waals surface area contributed by atoms with Gasteiger partial charge in [0.2, 0.25) is 0 Å². The minimum absolute atomic E-state index is 0.198. The smallest absolute Gasteiger partial charge is 0.338 e. The number of carbonyl (C=O) groups is 1. The van der Waals surface area contributed by atoms with Gasteiger partial charge in [-0.05, 0) is 61.9 Å². The van der Waals surface area contributed by atoms with Crippen molar-refractivity contribution in [2.24, 2.45) is 0 Å². The largest absolute Gasteiger partial charge is 0.462 e. The Kier molecular flexibility index (Phi) is 3.08. The summed E-state index contributed by atoms with van der Waals surface area (Å²) in [5, 5.41) is 3.56. The van der Waals surface area contributed by atoms with Crippen LogP contribution in [0, 0.1) is 0 Å². The third-order valence-electron chi connectivity index (χ3n) is 4.06. The van der Waals surface area contributed by atoms with Gasteiger partial charge in [0, 0.05) is 6.04 Å². The lowest BCUT2D eigenvalue weighted by atomic mass is 9.76. The predicted octanol–water partition coefficient (Wildman–Crippen LogP) is 2.25. The van der Waals surface area contributed by atoms with Gasteiger partial charge in [-0.3, -0.25) is 0 Å². The number of rotatable bonds is 2. The van der Waals surface area contributed by atoms with Crippen LogP contribution in [0.3, 0.4) is 0 Å². The predicted molar refractivity (Wildman–Crippen MR) is 69.9 cm³/mol. The van der Waals surface area contributed by atoms with Crippen LogP contribution in [0.5, 0.6) is 0 Å². The molecule has 0 aromatic heterocycles. The minimum atomic E-state index is -0.198. The van der Waals surface area contributed by atoms with Crippen LogP contribution in [0.25, 0.3) is 0 Å². The van der Waals surface area contributed by atoms with Crippen LogP contribution in [-0.4, -0.2) is 25.2 Å². The molecule has 1 fully saturated rings. The molecule has 1 saturated heterocycles. The van der Waals surface area contributed by atoms with E-state index in [4.69, 9.17) is 4.74 Å². The average molecular weight is 245 g/mol. The summed E-state index contributed by atoms with van der Waals surface area (Å²) in [5.74, 6) is 0.422. The molecular weight excluding hydrogens is 226 g/mol. The lowest BCUT2D eigenvalue weighted by Gasteiger charge is -2.37.